The Balaban J connectivity index is 2.34. The van der Waals surface area contributed by atoms with Crippen molar-refractivity contribution in [2.75, 3.05) is 11.1 Å². The van der Waals surface area contributed by atoms with Crippen molar-refractivity contribution in [1.82, 2.24) is 0 Å². The molecule has 0 heterocycles. The van der Waals surface area contributed by atoms with Gasteiger partial charge in [-0.15, -0.1) is 0 Å². The van der Waals surface area contributed by atoms with Crippen molar-refractivity contribution in [3.8, 4) is 0 Å². The highest BCUT2D eigenvalue weighted by Gasteiger charge is 2.17. The molecule has 0 aliphatic carbocycles. The zero-order valence-electron chi connectivity index (χ0n) is 9.58. The fraction of sp³-hybridized carbons (Fsp3) is 0. The number of nitrogens with one attached hydrogen (secondary N) is 1. The van der Waals surface area contributed by atoms with Crippen molar-refractivity contribution in [2.24, 2.45) is 0 Å². The second-order valence-corrected chi connectivity index (χ2v) is 4.64. The van der Waals surface area contributed by atoms with Crippen molar-refractivity contribution in [1.29, 1.82) is 0 Å². The van der Waals surface area contributed by atoms with Crippen LogP contribution in [0, 0.1) is 11.6 Å². The maximum Gasteiger partial charge on any atom is 0.261 e. The van der Waals surface area contributed by atoms with Gasteiger partial charge in [-0.1, -0.05) is 6.07 Å². The van der Waals surface area contributed by atoms with Gasteiger partial charge in [-0.05, 0) is 46.3 Å². The largest absolute Gasteiger partial charge is 0.399 e. The normalized spacial score (nSPS) is 10.3. The van der Waals surface area contributed by atoms with Crippen LogP contribution >= 0.6 is 15.9 Å². The van der Waals surface area contributed by atoms with Crippen molar-refractivity contribution in [3.05, 3.63) is 58.1 Å². The van der Waals surface area contributed by atoms with E-state index in [1.165, 1.54) is 12.1 Å². The van der Waals surface area contributed by atoms with Gasteiger partial charge in [0.1, 0.15) is 17.2 Å². The molecule has 0 radical (unpaired) electrons. The first kappa shape index (κ1) is 13.5. The molecule has 19 heavy (non-hydrogen) atoms. The summed E-state index contributed by atoms with van der Waals surface area (Å²) in [5.74, 6) is -2.71. The van der Waals surface area contributed by atoms with Crippen molar-refractivity contribution >= 4 is 33.2 Å². The van der Waals surface area contributed by atoms with Crippen LogP contribution < -0.4 is 11.1 Å². The monoisotopic (exact) mass is 326 g/mol. The highest BCUT2D eigenvalue weighted by atomic mass is 79.9. The Labute approximate surface area is 116 Å². The maximum absolute atomic E-state index is 13.4. The lowest BCUT2D eigenvalue weighted by molar-refractivity contribution is 0.101. The molecule has 2 aromatic rings. The van der Waals surface area contributed by atoms with E-state index < -0.39 is 23.1 Å². The Kier molecular flexibility index (Phi) is 3.80. The number of benzene rings is 2. The predicted octanol–water partition coefficient (Wildman–Crippen LogP) is 3.56. The number of hydrogen-bond acceptors (Lipinski definition) is 2. The average molecular weight is 327 g/mol. The topological polar surface area (TPSA) is 55.1 Å². The smallest absolute Gasteiger partial charge is 0.261 e. The summed E-state index contributed by atoms with van der Waals surface area (Å²) >= 11 is 3.21. The van der Waals surface area contributed by atoms with E-state index in [9.17, 15) is 13.6 Å². The fourth-order valence-corrected chi connectivity index (χ4v) is 1.88. The van der Waals surface area contributed by atoms with Gasteiger partial charge in [-0.3, -0.25) is 4.79 Å². The minimum Gasteiger partial charge on any atom is -0.399 e. The van der Waals surface area contributed by atoms with Crippen LogP contribution in [0.25, 0.3) is 0 Å². The highest BCUT2D eigenvalue weighted by molar-refractivity contribution is 9.10. The maximum atomic E-state index is 13.4. The lowest BCUT2D eigenvalue weighted by Gasteiger charge is -2.09. The van der Waals surface area contributed by atoms with Gasteiger partial charge < -0.3 is 11.1 Å². The standard InChI is InChI=1S/C13H9BrF2N2O/c14-8-5-4-7(17)6-11(8)18-13(19)12-9(15)2-1-3-10(12)16/h1-6H,17H2,(H,18,19). The molecule has 0 aliphatic rings. The van der Waals surface area contributed by atoms with Crippen molar-refractivity contribution in [3.63, 3.8) is 0 Å². The number of amides is 1. The molecule has 0 saturated carbocycles. The summed E-state index contributed by atoms with van der Waals surface area (Å²) in [5.41, 5.74) is 5.72. The Morgan fingerprint density at radius 2 is 1.79 bits per heavy atom. The fourth-order valence-electron chi connectivity index (χ4n) is 1.54. The number of nitrogens with two attached hydrogens (primary N) is 1. The average Bonchev–Trinajstić information content (AvgIpc) is 2.33. The van der Waals surface area contributed by atoms with Gasteiger partial charge in [-0.2, -0.15) is 0 Å². The molecular formula is C13H9BrF2N2O. The van der Waals surface area contributed by atoms with E-state index in [-0.39, 0.29) is 0 Å². The Hall–Kier alpha value is -1.95. The van der Waals surface area contributed by atoms with E-state index in [2.05, 4.69) is 21.2 Å². The van der Waals surface area contributed by atoms with Crippen LogP contribution in [-0.4, -0.2) is 5.91 Å². The van der Waals surface area contributed by atoms with Gasteiger partial charge in [0.05, 0.1) is 5.69 Å². The molecule has 0 spiro atoms. The highest BCUT2D eigenvalue weighted by Crippen LogP contribution is 2.25. The number of rotatable bonds is 2. The summed E-state index contributed by atoms with van der Waals surface area (Å²) in [6.45, 7) is 0. The van der Waals surface area contributed by atoms with Crippen LogP contribution in [0.5, 0.6) is 0 Å². The van der Waals surface area contributed by atoms with Crippen LogP contribution in [0.3, 0.4) is 0 Å². The third kappa shape index (κ3) is 2.90. The van der Waals surface area contributed by atoms with Gasteiger partial charge in [-0.25, -0.2) is 8.78 Å². The second-order valence-electron chi connectivity index (χ2n) is 3.79. The first-order valence-corrected chi connectivity index (χ1v) is 6.08. The minimum atomic E-state index is -0.919. The van der Waals surface area contributed by atoms with Crippen LogP contribution in [0.1, 0.15) is 10.4 Å². The summed E-state index contributed by atoms with van der Waals surface area (Å²) in [4.78, 5) is 11.9. The number of anilines is 2. The summed E-state index contributed by atoms with van der Waals surface area (Å²) in [7, 11) is 0. The second kappa shape index (κ2) is 5.36. The third-order valence-electron chi connectivity index (χ3n) is 2.43. The molecule has 0 saturated heterocycles. The van der Waals surface area contributed by atoms with E-state index in [0.717, 1.165) is 12.1 Å². The molecule has 0 aliphatic heterocycles. The number of halogens is 3. The van der Waals surface area contributed by atoms with E-state index in [1.54, 1.807) is 12.1 Å². The van der Waals surface area contributed by atoms with Gasteiger partial charge in [0.15, 0.2) is 0 Å². The molecule has 0 unspecified atom stereocenters. The van der Waals surface area contributed by atoms with Crippen LogP contribution in [0.15, 0.2) is 40.9 Å². The molecule has 3 N–H and O–H groups in total. The zero-order chi connectivity index (χ0) is 14.0. The first-order valence-electron chi connectivity index (χ1n) is 5.29. The molecule has 0 fully saturated rings. The third-order valence-corrected chi connectivity index (χ3v) is 3.12. The number of nitrogen functional groups attached to an aromatic ring is 1. The molecule has 3 nitrogen and oxygen atoms in total. The first-order chi connectivity index (χ1) is 8.99. The Morgan fingerprint density at radius 1 is 1.16 bits per heavy atom. The molecule has 6 heteroatoms. The molecule has 98 valence electrons. The van der Waals surface area contributed by atoms with Crippen LogP contribution in [0.4, 0.5) is 20.2 Å². The van der Waals surface area contributed by atoms with Gasteiger partial charge >= 0.3 is 0 Å². The molecule has 2 aromatic carbocycles. The lowest BCUT2D eigenvalue weighted by atomic mass is 10.1. The van der Waals surface area contributed by atoms with Gasteiger partial charge in [0, 0.05) is 10.2 Å². The summed E-state index contributed by atoms with van der Waals surface area (Å²) < 4.78 is 27.5. The molecule has 0 bridgehead atoms. The molecular weight excluding hydrogens is 318 g/mol. The van der Waals surface area contributed by atoms with Crippen molar-refractivity contribution < 1.29 is 13.6 Å². The zero-order valence-corrected chi connectivity index (χ0v) is 11.2. The number of hydrogen-bond donors (Lipinski definition) is 2. The Morgan fingerprint density at radius 3 is 2.42 bits per heavy atom. The van der Waals surface area contributed by atoms with E-state index in [1.807, 2.05) is 0 Å². The summed E-state index contributed by atoms with van der Waals surface area (Å²) in [6.07, 6.45) is 0. The molecule has 1 amide bonds. The van der Waals surface area contributed by atoms with E-state index in [0.29, 0.717) is 15.8 Å². The minimum absolute atomic E-state index is 0.340. The molecule has 2 rings (SSSR count). The quantitative estimate of drug-likeness (QED) is 0.829. The molecule has 0 atom stereocenters. The summed E-state index contributed by atoms with van der Waals surface area (Å²) in [5, 5.41) is 2.40. The van der Waals surface area contributed by atoms with Crippen molar-refractivity contribution in [2.45, 2.75) is 0 Å². The molecule has 0 aromatic heterocycles. The van der Waals surface area contributed by atoms with E-state index >= 15 is 0 Å². The van der Waals surface area contributed by atoms with Crippen LogP contribution in [0.2, 0.25) is 0 Å². The SMILES string of the molecule is Nc1ccc(Br)c(NC(=O)c2c(F)cccc2F)c1. The lowest BCUT2D eigenvalue weighted by Crippen LogP contribution is -2.16. The number of carbonyl (C=O) groups excluding carboxylic acids is 1. The van der Waals surface area contributed by atoms with Crippen LogP contribution in [-0.2, 0) is 0 Å². The predicted molar refractivity (Wildman–Crippen MR) is 72.9 cm³/mol. The summed E-state index contributed by atoms with van der Waals surface area (Å²) in [6, 6.07) is 7.98. The number of carbonyl (C=O) groups is 1. The Bertz CT molecular complexity index is 626. The van der Waals surface area contributed by atoms with Gasteiger partial charge in [0.2, 0.25) is 0 Å². The van der Waals surface area contributed by atoms with Gasteiger partial charge in [0.25, 0.3) is 5.91 Å². The van der Waals surface area contributed by atoms with E-state index in [4.69, 9.17) is 5.73 Å².